The molecule has 1 saturated heterocycles. The van der Waals surface area contributed by atoms with E-state index in [1.807, 2.05) is 24.0 Å². The van der Waals surface area contributed by atoms with Crippen LogP contribution in [0.4, 0.5) is 5.69 Å². The van der Waals surface area contributed by atoms with Crippen molar-refractivity contribution >= 4 is 11.6 Å². The van der Waals surface area contributed by atoms with Crippen LogP contribution < -0.4 is 10.5 Å². The Kier molecular flexibility index (Phi) is 5.48. The number of nitrogens with two attached hydrogens (primary N) is 1. The number of piperidine rings is 1. The van der Waals surface area contributed by atoms with E-state index < -0.39 is 0 Å². The van der Waals surface area contributed by atoms with Crippen molar-refractivity contribution in [2.75, 3.05) is 25.4 Å². The lowest BCUT2D eigenvalue weighted by atomic mass is 9.92. The van der Waals surface area contributed by atoms with Crippen molar-refractivity contribution in [2.45, 2.75) is 39.5 Å². The summed E-state index contributed by atoms with van der Waals surface area (Å²) < 4.78 is 5.57. The number of hydrogen-bond acceptors (Lipinski definition) is 3. The zero-order valence-electron chi connectivity index (χ0n) is 13.1. The number of benzene rings is 1. The van der Waals surface area contributed by atoms with Crippen molar-refractivity contribution in [1.82, 2.24) is 4.90 Å². The lowest BCUT2D eigenvalue weighted by Gasteiger charge is -2.32. The van der Waals surface area contributed by atoms with E-state index in [1.165, 1.54) is 12.8 Å². The number of likely N-dealkylation sites (tertiary alicyclic amines) is 1. The number of carbonyl (C=O) groups excluding carboxylic acids is 1. The quantitative estimate of drug-likeness (QED) is 0.846. The standard InChI is InChI=1S/C17H26N2O2/c1-3-6-13-9-11-19(12-10-13)17(20)14-7-5-8-15(18)16(14)21-4-2/h5,7-8,13H,3-4,6,9-12,18H2,1-2H3. The molecule has 1 aromatic carbocycles. The van der Waals surface area contributed by atoms with Crippen LogP contribution in [0.2, 0.25) is 0 Å². The summed E-state index contributed by atoms with van der Waals surface area (Å²) in [6, 6.07) is 5.39. The maximum atomic E-state index is 12.7. The summed E-state index contributed by atoms with van der Waals surface area (Å²) in [7, 11) is 0. The van der Waals surface area contributed by atoms with E-state index in [-0.39, 0.29) is 5.91 Å². The number of para-hydroxylation sites is 1. The first-order chi connectivity index (χ1) is 10.2. The molecule has 0 radical (unpaired) electrons. The molecule has 0 spiro atoms. The molecule has 4 nitrogen and oxygen atoms in total. The van der Waals surface area contributed by atoms with E-state index in [0.717, 1.165) is 31.8 Å². The van der Waals surface area contributed by atoms with Crippen LogP contribution in [0.3, 0.4) is 0 Å². The van der Waals surface area contributed by atoms with Crippen molar-refractivity contribution in [1.29, 1.82) is 0 Å². The lowest BCUT2D eigenvalue weighted by molar-refractivity contribution is 0.0682. The Morgan fingerprint density at radius 1 is 1.33 bits per heavy atom. The van der Waals surface area contributed by atoms with Gasteiger partial charge in [0.2, 0.25) is 0 Å². The molecule has 1 aliphatic heterocycles. The van der Waals surface area contributed by atoms with Crippen LogP contribution in [0, 0.1) is 5.92 Å². The van der Waals surface area contributed by atoms with Crippen molar-refractivity contribution in [3.8, 4) is 5.75 Å². The fraction of sp³-hybridized carbons (Fsp3) is 0.588. The van der Waals surface area contributed by atoms with Gasteiger partial charge in [-0.1, -0.05) is 25.8 Å². The van der Waals surface area contributed by atoms with Crippen LogP contribution in [0.1, 0.15) is 49.9 Å². The minimum Gasteiger partial charge on any atom is -0.491 e. The lowest BCUT2D eigenvalue weighted by Crippen LogP contribution is -2.38. The third-order valence-electron chi connectivity index (χ3n) is 4.16. The first kappa shape index (κ1) is 15.7. The summed E-state index contributed by atoms with van der Waals surface area (Å²) in [6.45, 7) is 6.30. The third kappa shape index (κ3) is 3.69. The topological polar surface area (TPSA) is 55.6 Å². The maximum Gasteiger partial charge on any atom is 0.257 e. The van der Waals surface area contributed by atoms with Gasteiger partial charge in [0.05, 0.1) is 17.9 Å². The number of amides is 1. The molecule has 0 saturated carbocycles. The van der Waals surface area contributed by atoms with Gasteiger partial charge >= 0.3 is 0 Å². The second kappa shape index (κ2) is 7.34. The normalized spacial score (nSPS) is 16.0. The molecule has 0 bridgehead atoms. The van der Waals surface area contributed by atoms with Gasteiger partial charge in [-0.2, -0.15) is 0 Å². The highest BCUT2D eigenvalue weighted by Gasteiger charge is 2.25. The van der Waals surface area contributed by atoms with Crippen molar-refractivity contribution in [3.05, 3.63) is 23.8 Å². The van der Waals surface area contributed by atoms with Gasteiger partial charge in [-0.3, -0.25) is 4.79 Å². The molecule has 1 amide bonds. The molecule has 0 aliphatic carbocycles. The Morgan fingerprint density at radius 3 is 2.67 bits per heavy atom. The molecule has 2 rings (SSSR count). The van der Waals surface area contributed by atoms with Crippen LogP contribution in [0.25, 0.3) is 0 Å². The Bertz CT molecular complexity index is 480. The van der Waals surface area contributed by atoms with E-state index in [9.17, 15) is 4.79 Å². The summed E-state index contributed by atoms with van der Waals surface area (Å²) in [5.74, 6) is 1.34. The third-order valence-corrected chi connectivity index (χ3v) is 4.16. The Morgan fingerprint density at radius 2 is 2.05 bits per heavy atom. The molecular weight excluding hydrogens is 264 g/mol. The first-order valence-electron chi connectivity index (χ1n) is 7.97. The van der Waals surface area contributed by atoms with Gasteiger partial charge in [0, 0.05) is 13.1 Å². The SMILES string of the molecule is CCCC1CCN(C(=O)c2cccc(N)c2OCC)CC1. The van der Waals surface area contributed by atoms with Gasteiger partial charge in [0.1, 0.15) is 0 Å². The second-order valence-corrected chi connectivity index (χ2v) is 5.68. The molecular formula is C17H26N2O2. The van der Waals surface area contributed by atoms with Gasteiger partial charge in [-0.05, 0) is 37.8 Å². The molecule has 0 aromatic heterocycles. The van der Waals surface area contributed by atoms with E-state index in [1.54, 1.807) is 6.07 Å². The zero-order valence-corrected chi connectivity index (χ0v) is 13.1. The number of hydrogen-bond donors (Lipinski definition) is 1. The number of anilines is 1. The monoisotopic (exact) mass is 290 g/mol. The summed E-state index contributed by atoms with van der Waals surface area (Å²) in [5.41, 5.74) is 7.06. The highest BCUT2D eigenvalue weighted by molar-refractivity contribution is 5.98. The zero-order chi connectivity index (χ0) is 15.2. The molecule has 1 aliphatic rings. The maximum absolute atomic E-state index is 12.7. The van der Waals surface area contributed by atoms with E-state index in [0.29, 0.717) is 23.6 Å². The smallest absolute Gasteiger partial charge is 0.257 e. The van der Waals surface area contributed by atoms with Crippen molar-refractivity contribution in [2.24, 2.45) is 5.92 Å². The number of ether oxygens (including phenoxy) is 1. The van der Waals surface area contributed by atoms with Crippen LogP contribution in [0.15, 0.2) is 18.2 Å². The first-order valence-corrected chi connectivity index (χ1v) is 7.97. The molecule has 1 aromatic rings. The van der Waals surface area contributed by atoms with E-state index in [2.05, 4.69) is 6.92 Å². The molecule has 4 heteroatoms. The number of carbonyl (C=O) groups is 1. The molecule has 116 valence electrons. The van der Waals surface area contributed by atoms with Crippen molar-refractivity contribution < 1.29 is 9.53 Å². The number of nitrogen functional groups attached to an aromatic ring is 1. The Labute approximate surface area is 127 Å². The minimum atomic E-state index is 0.0423. The number of nitrogens with zero attached hydrogens (tertiary/aromatic N) is 1. The molecule has 21 heavy (non-hydrogen) atoms. The summed E-state index contributed by atoms with van der Waals surface area (Å²) in [4.78, 5) is 14.6. The van der Waals surface area contributed by atoms with E-state index >= 15 is 0 Å². The molecule has 1 heterocycles. The Hall–Kier alpha value is -1.71. The average molecular weight is 290 g/mol. The molecule has 1 fully saturated rings. The van der Waals surface area contributed by atoms with Crippen LogP contribution >= 0.6 is 0 Å². The molecule has 0 unspecified atom stereocenters. The number of rotatable bonds is 5. The second-order valence-electron chi connectivity index (χ2n) is 5.68. The summed E-state index contributed by atoms with van der Waals surface area (Å²) in [5, 5.41) is 0. The minimum absolute atomic E-state index is 0.0423. The summed E-state index contributed by atoms with van der Waals surface area (Å²) >= 11 is 0. The fourth-order valence-electron chi connectivity index (χ4n) is 3.03. The Balaban J connectivity index is 2.09. The molecule has 0 atom stereocenters. The van der Waals surface area contributed by atoms with Gasteiger partial charge in [0.25, 0.3) is 5.91 Å². The largest absolute Gasteiger partial charge is 0.491 e. The van der Waals surface area contributed by atoms with Gasteiger partial charge in [-0.15, -0.1) is 0 Å². The fourth-order valence-corrected chi connectivity index (χ4v) is 3.03. The van der Waals surface area contributed by atoms with Crippen LogP contribution in [-0.4, -0.2) is 30.5 Å². The van der Waals surface area contributed by atoms with Gasteiger partial charge in [-0.25, -0.2) is 0 Å². The van der Waals surface area contributed by atoms with Crippen molar-refractivity contribution in [3.63, 3.8) is 0 Å². The van der Waals surface area contributed by atoms with Gasteiger partial charge in [0.15, 0.2) is 5.75 Å². The van der Waals surface area contributed by atoms with Gasteiger partial charge < -0.3 is 15.4 Å². The van der Waals surface area contributed by atoms with Crippen LogP contribution in [0.5, 0.6) is 5.75 Å². The van der Waals surface area contributed by atoms with E-state index in [4.69, 9.17) is 10.5 Å². The highest BCUT2D eigenvalue weighted by atomic mass is 16.5. The van der Waals surface area contributed by atoms with Crippen LogP contribution in [-0.2, 0) is 0 Å². The highest BCUT2D eigenvalue weighted by Crippen LogP contribution is 2.29. The average Bonchev–Trinajstić information content (AvgIpc) is 2.50. The predicted octanol–water partition coefficient (Wildman–Crippen LogP) is 3.32. The predicted molar refractivity (Wildman–Crippen MR) is 85.6 cm³/mol. The summed E-state index contributed by atoms with van der Waals surface area (Å²) in [6.07, 6.45) is 4.70. The molecule has 2 N–H and O–H groups in total.